The van der Waals surface area contributed by atoms with E-state index in [1.807, 2.05) is 84.9 Å². The first-order chi connectivity index (χ1) is 18.9. The molecule has 0 heterocycles. The third kappa shape index (κ3) is 8.19. The molecule has 3 aromatic rings. The van der Waals surface area contributed by atoms with E-state index in [4.69, 9.17) is 13.9 Å². The van der Waals surface area contributed by atoms with Crippen LogP contribution in [0.15, 0.2) is 84.9 Å². The van der Waals surface area contributed by atoms with Gasteiger partial charge < -0.3 is 24.5 Å². The van der Waals surface area contributed by atoms with Crippen molar-refractivity contribution in [1.29, 1.82) is 0 Å². The van der Waals surface area contributed by atoms with E-state index in [2.05, 4.69) is 44.5 Å². The number of carbonyl (C=O) groups is 2. The molecule has 0 saturated carbocycles. The second-order valence-corrected chi connectivity index (χ2v) is 16.1. The number of nitrogens with one attached hydrogen (secondary N) is 2. The van der Waals surface area contributed by atoms with Gasteiger partial charge in [0.15, 0.2) is 8.32 Å². The molecule has 0 aliphatic heterocycles. The molecule has 0 aliphatic carbocycles. The smallest absolute Gasteiger partial charge is 0.328 e. The minimum absolute atomic E-state index is 0.0942. The topological polar surface area (TPSA) is 85.9 Å². The maximum Gasteiger partial charge on any atom is 0.328 e. The lowest BCUT2D eigenvalue weighted by Gasteiger charge is -2.41. The highest BCUT2D eigenvalue weighted by atomic mass is 28.4. The number of hydrogen-bond acceptors (Lipinski definition) is 6. The average molecular weight is 563 g/mol. The zero-order valence-electron chi connectivity index (χ0n) is 24.6. The van der Waals surface area contributed by atoms with Gasteiger partial charge in [-0.2, -0.15) is 0 Å². The van der Waals surface area contributed by atoms with E-state index in [-0.39, 0.29) is 10.9 Å². The van der Waals surface area contributed by atoms with Crippen molar-refractivity contribution >= 4 is 25.9 Å². The zero-order valence-corrected chi connectivity index (χ0v) is 25.6. The standard InChI is InChI=1S/C32H42N2O5Si/c1-32(2,3)40(6,7)39-29(24-16-12-9-13-17-24)28(33-25-18-20-26(37-4)21-19-25)30(35)34-27(31(36)38-5)22-23-14-10-8-11-15-23/h8-21,27-29,33H,22H2,1-7H3,(H,34,35)/t27-,28-,29+/m0/s1. The molecule has 0 radical (unpaired) electrons. The first-order valence-electron chi connectivity index (χ1n) is 13.5. The number of ether oxygens (including phenoxy) is 2. The van der Waals surface area contributed by atoms with E-state index in [9.17, 15) is 9.59 Å². The summed E-state index contributed by atoms with van der Waals surface area (Å²) in [6, 6.07) is 24.9. The van der Waals surface area contributed by atoms with Crippen molar-refractivity contribution in [3.63, 3.8) is 0 Å². The summed E-state index contributed by atoms with van der Waals surface area (Å²) < 4.78 is 17.3. The van der Waals surface area contributed by atoms with Crippen LogP contribution in [0.3, 0.4) is 0 Å². The van der Waals surface area contributed by atoms with Gasteiger partial charge in [0.25, 0.3) is 0 Å². The predicted molar refractivity (Wildman–Crippen MR) is 162 cm³/mol. The van der Waals surface area contributed by atoms with Gasteiger partial charge in [-0.05, 0) is 53.5 Å². The Labute approximate surface area is 239 Å². The van der Waals surface area contributed by atoms with Gasteiger partial charge in [0.1, 0.15) is 17.8 Å². The van der Waals surface area contributed by atoms with Gasteiger partial charge in [-0.1, -0.05) is 81.4 Å². The third-order valence-electron chi connectivity index (χ3n) is 7.44. The van der Waals surface area contributed by atoms with E-state index in [0.29, 0.717) is 12.2 Å². The number of amides is 1. The van der Waals surface area contributed by atoms with Gasteiger partial charge in [-0.3, -0.25) is 4.79 Å². The average Bonchev–Trinajstić information content (AvgIpc) is 2.94. The summed E-state index contributed by atoms with van der Waals surface area (Å²) in [6.07, 6.45) is -0.327. The molecule has 7 nitrogen and oxygen atoms in total. The van der Waals surface area contributed by atoms with E-state index >= 15 is 0 Å². The van der Waals surface area contributed by atoms with Crippen molar-refractivity contribution in [2.75, 3.05) is 19.5 Å². The lowest BCUT2D eigenvalue weighted by atomic mass is 10.00. The molecule has 8 heteroatoms. The minimum Gasteiger partial charge on any atom is -0.497 e. The lowest BCUT2D eigenvalue weighted by Crippen LogP contribution is -2.53. The molecule has 0 bridgehead atoms. The molecule has 40 heavy (non-hydrogen) atoms. The highest BCUT2D eigenvalue weighted by Gasteiger charge is 2.43. The fourth-order valence-electron chi connectivity index (χ4n) is 4.06. The maximum atomic E-state index is 14.2. The Morgan fingerprint density at radius 2 is 1.43 bits per heavy atom. The van der Waals surface area contributed by atoms with Crippen LogP contribution in [-0.2, 0) is 25.2 Å². The number of methoxy groups -OCH3 is 2. The summed E-state index contributed by atoms with van der Waals surface area (Å²) in [5.74, 6) is -0.172. The largest absolute Gasteiger partial charge is 0.497 e. The Hall–Kier alpha value is -3.62. The predicted octanol–water partition coefficient (Wildman–Crippen LogP) is 6.14. The van der Waals surface area contributed by atoms with E-state index in [1.165, 1.54) is 7.11 Å². The van der Waals surface area contributed by atoms with E-state index < -0.39 is 32.5 Å². The molecule has 0 aliphatic rings. The van der Waals surface area contributed by atoms with Crippen LogP contribution in [0.1, 0.15) is 38.0 Å². The van der Waals surface area contributed by atoms with Crippen molar-refractivity contribution in [1.82, 2.24) is 5.32 Å². The second-order valence-electron chi connectivity index (χ2n) is 11.3. The van der Waals surface area contributed by atoms with Crippen LogP contribution in [0, 0.1) is 0 Å². The Morgan fingerprint density at radius 3 is 1.95 bits per heavy atom. The van der Waals surface area contributed by atoms with Crippen LogP contribution < -0.4 is 15.4 Å². The highest BCUT2D eigenvalue weighted by Crippen LogP contribution is 2.41. The molecule has 0 fully saturated rings. The van der Waals surface area contributed by atoms with Gasteiger partial charge in [-0.15, -0.1) is 0 Å². The normalized spacial score (nSPS) is 14.0. The lowest BCUT2D eigenvalue weighted by molar-refractivity contribution is -0.145. The number of esters is 1. The number of rotatable bonds is 12. The van der Waals surface area contributed by atoms with Crippen LogP contribution in [0.4, 0.5) is 5.69 Å². The molecule has 3 rings (SSSR count). The molecular weight excluding hydrogens is 520 g/mol. The molecule has 0 unspecified atom stereocenters. The number of benzene rings is 3. The van der Waals surface area contributed by atoms with Crippen LogP contribution in [-0.4, -0.2) is 46.5 Å². The summed E-state index contributed by atoms with van der Waals surface area (Å²) in [5.41, 5.74) is 2.50. The zero-order chi connectivity index (χ0) is 29.3. The van der Waals surface area contributed by atoms with Gasteiger partial charge in [0.05, 0.1) is 20.3 Å². The SMILES string of the molecule is COC(=O)[C@H](Cc1ccccc1)NC(=O)[C@@H](Nc1ccc(OC)cc1)[C@H](O[Si](C)(C)C(C)(C)C)c1ccccc1. The van der Waals surface area contributed by atoms with Crippen molar-refractivity contribution in [3.05, 3.63) is 96.1 Å². The molecule has 0 saturated heterocycles. The Balaban J connectivity index is 2.04. The first-order valence-corrected chi connectivity index (χ1v) is 16.4. The van der Waals surface area contributed by atoms with Gasteiger partial charge in [0, 0.05) is 12.1 Å². The Kier molecular flexibility index (Phi) is 10.5. The number of carbonyl (C=O) groups excluding carboxylic acids is 2. The van der Waals surface area contributed by atoms with Crippen molar-refractivity contribution in [2.45, 2.75) is 63.5 Å². The quantitative estimate of drug-likeness (QED) is 0.204. The van der Waals surface area contributed by atoms with Crippen molar-refractivity contribution in [3.8, 4) is 5.75 Å². The molecule has 2 N–H and O–H groups in total. The number of anilines is 1. The molecule has 3 atom stereocenters. The summed E-state index contributed by atoms with van der Waals surface area (Å²) in [4.78, 5) is 27.0. The van der Waals surface area contributed by atoms with Crippen molar-refractivity contribution in [2.24, 2.45) is 0 Å². The summed E-state index contributed by atoms with van der Waals surface area (Å²) in [5, 5.41) is 6.28. The summed E-state index contributed by atoms with van der Waals surface area (Å²) >= 11 is 0. The first kappa shape index (κ1) is 30.9. The molecular formula is C32H42N2O5Si. The van der Waals surface area contributed by atoms with Crippen molar-refractivity contribution < 1.29 is 23.5 Å². The summed E-state index contributed by atoms with van der Waals surface area (Å²) in [6.45, 7) is 10.8. The fraction of sp³-hybridized carbons (Fsp3) is 0.375. The van der Waals surface area contributed by atoms with Crippen LogP contribution in [0.25, 0.3) is 0 Å². The van der Waals surface area contributed by atoms with Gasteiger partial charge in [0.2, 0.25) is 5.91 Å². The molecule has 0 aromatic heterocycles. The fourth-order valence-corrected chi connectivity index (χ4v) is 5.32. The van der Waals surface area contributed by atoms with Crippen LogP contribution >= 0.6 is 0 Å². The Morgan fingerprint density at radius 1 is 0.850 bits per heavy atom. The van der Waals surface area contributed by atoms with E-state index in [0.717, 1.165) is 16.8 Å². The van der Waals surface area contributed by atoms with E-state index in [1.54, 1.807) is 7.11 Å². The monoisotopic (exact) mass is 562 g/mol. The third-order valence-corrected chi connectivity index (χ3v) is 11.9. The molecule has 0 spiro atoms. The Bertz CT molecular complexity index is 1230. The molecule has 1 amide bonds. The molecule has 3 aromatic carbocycles. The molecule has 214 valence electrons. The highest BCUT2D eigenvalue weighted by molar-refractivity contribution is 6.74. The number of hydrogen-bond donors (Lipinski definition) is 2. The van der Waals surface area contributed by atoms with Crippen LogP contribution in [0.5, 0.6) is 5.75 Å². The second kappa shape index (κ2) is 13.6. The minimum atomic E-state index is -2.35. The van der Waals surface area contributed by atoms with Gasteiger partial charge >= 0.3 is 5.97 Å². The van der Waals surface area contributed by atoms with Crippen LogP contribution in [0.2, 0.25) is 18.1 Å². The maximum absolute atomic E-state index is 14.2. The summed E-state index contributed by atoms with van der Waals surface area (Å²) in [7, 11) is 0.582. The van der Waals surface area contributed by atoms with Gasteiger partial charge in [-0.25, -0.2) is 4.79 Å².